The minimum absolute atomic E-state index is 0.0142. The molecule has 4 aromatic rings. The summed E-state index contributed by atoms with van der Waals surface area (Å²) >= 11 is 13.7. The highest BCUT2D eigenvalue weighted by atomic mass is 35.5. The molecule has 0 aliphatic carbocycles. The van der Waals surface area contributed by atoms with E-state index in [9.17, 15) is 9.59 Å². The predicted octanol–water partition coefficient (Wildman–Crippen LogP) is 5.69. The number of rotatable bonds is 8. The van der Waals surface area contributed by atoms with Gasteiger partial charge in [0.05, 0.1) is 10.0 Å². The number of nitrogens with one attached hydrogen (secondary N) is 2. The van der Waals surface area contributed by atoms with Crippen molar-refractivity contribution in [2.45, 2.75) is 13.2 Å². The largest absolute Gasteiger partial charge is 0.486 e. The van der Waals surface area contributed by atoms with Gasteiger partial charge in [0.15, 0.2) is 5.75 Å². The van der Waals surface area contributed by atoms with Crippen LogP contribution in [0.1, 0.15) is 32.0 Å². The molecule has 3 N–H and O–H groups in total. The van der Waals surface area contributed by atoms with E-state index < -0.39 is 11.8 Å². The molecule has 0 saturated carbocycles. The average molecular weight is 530 g/mol. The van der Waals surface area contributed by atoms with E-state index in [4.69, 9.17) is 33.1 Å². The van der Waals surface area contributed by atoms with Gasteiger partial charge in [0, 0.05) is 19.8 Å². The number of hydroxylamine groups is 1. The van der Waals surface area contributed by atoms with Gasteiger partial charge in [-0.25, -0.2) is 5.48 Å². The zero-order valence-electron chi connectivity index (χ0n) is 18.5. The van der Waals surface area contributed by atoms with Gasteiger partial charge >= 0.3 is 0 Å². The van der Waals surface area contributed by atoms with E-state index in [0.29, 0.717) is 15.6 Å². The third kappa shape index (κ3) is 5.68. The van der Waals surface area contributed by atoms with Crippen LogP contribution >= 0.6 is 34.5 Å². The summed E-state index contributed by atoms with van der Waals surface area (Å²) in [5.74, 6) is -1.20. The maximum Gasteiger partial charge on any atom is 0.279 e. The van der Waals surface area contributed by atoms with Crippen molar-refractivity contribution in [3.8, 4) is 16.9 Å². The maximum absolute atomic E-state index is 13.1. The average Bonchev–Trinajstić information content (AvgIpc) is 3.51. The Morgan fingerprint density at radius 3 is 2.40 bits per heavy atom. The molecule has 2 aromatic carbocycles. The number of thiophene rings is 1. The molecule has 4 rings (SSSR count). The second-order valence-electron chi connectivity index (χ2n) is 7.70. The number of aryl methyl sites for hydroxylation is 1. The van der Waals surface area contributed by atoms with E-state index in [-0.39, 0.29) is 30.2 Å². The molecule has 0 saturated heterocycles. The van der Waals surface area contributed by atoms with Crippen LogP contribution in [0.3, 0.4) is 0 Å². The fourth-order valence-electron chi connectivity index (χ4n) is 3.53. The highest BCUT2D eigenvalue weighted by Crippen LogP contribution is 2.29. The number of carbonyl (C=O) groups is 2. The standard InChI is InChI=1S/C25H21Cl2N3O4S/c1-30-12-19(24(31)29-33)23(34-13-16-4-7-20(26)21(27)10-16)22(30)25(32)28-11-15-2-5-17(6-3-15)18-8-9-35-14-18/h2-10,12,14,33H,11,13H2,1H3,(H,28,32)(H,29,31). The first-order chi connectivity index (χ1) is 16.9. The summed E-state index contributed by atoms with van der Waals surface area (Å²) in [4.78, 5) is 25.3. The molecule has 0 fully saturated rings. The zero-order valence-corrected chi connectivity index (χ0v) is 20.9. The van der Waals surface area contributed by atoms with E-state index >= 15 is 0 Å². The number of hydrogen-bond acceptors (Lipinski definition) is 5. The quantitative estimate of drug-likeness (QED) is 0.202. The Balaban J connectivity index is 1.52. The fraction of sp³-hybridized carbons (Fsp3) is 0.120. The van der Waals surface area contributed by atoms with E-state index in [0.717, 1.165) is 16.7 Å². The molecule has 2 heterocycles. The third-order valence-corrected chi connectivity index (χ3v) is 6.75. The van der Waals surface area contributed by atoms with Crippen LogP contribution in [0.4, 0.5) is 0 Å². The molecule has 0 aliphatic heterocycles. The Hall–Kier alpha value is -3.30. The highest BCUT2D eigenvalue weighted by Gasteiger charge is 2.26. The minimum Gasteiger partial charge on any atom is -0.486 e. The second-order valence-corrected chi connectivity index (χ2v) is 9.30. The van der Waals surface area contributed by atoms with Crippen molar-refractivity contribution in [3.05, 3.63) is 97.9 Å². The van der Waals surface area contributed by atoms with Gasteiger partial charge in [-0.2, -0.15) is 11.3 Å². The predicted molar refractivity (Wildman–Crippen MR) is 136 cm³/mol. The van der Waals surface area contributed by atoms with Crippen LogP contribution in [0.5, 0.6) is 5.75 Å². The number of nitrogens with zero attached hydrogens (tertiary/aromatic N) is 1. The summed E-state index contributed by atoms with van der Waals surface area (Å²) < 4.78 is 7.34. The van der Waals surface area contributed by atoms with Crippen molar-refractivity contribution in [3.63, 3.8) is 0 Å². The van der Waals surface area contributed by atoms with E-state index in [2.05, 4.69) is 16.8 Å². The lowest BCUT2D eigenvalue weighted by Crippen LogP contribution is -2.25. The van der Waals surface area contributed by atoms with Gasteiger partial charge in [-0.3, -0.25) is 14.8 Å². The SMILES string of the molecule is Cn1cc(C(=O)NO)c(OCc2ccc(Cl)c(Cl)c2)c1C(=O)NCc1ccc(-c2ccsc2)cc1. The first-order valence-corrected chi connectivity index (χ1v) is 12.2. The number of aromatic nitrogens is 1. The lowest BCUT2D eigenvalue weighted by atomic mass is 10.1. The second kappa shape index (κ2) is 11.0. The molecule has 2 amide bonds. The summed E-state index contributed by atoms with van der Waals surface area (Å²) in [6.07, 6.45) is 1.42. The molecule has 0 spiro atoms. The van der Waals surface area contributed by atoms with Crippen LogP contribution < -0.4 is 15.5 Å². The number of ether oxygens (including phenoxy) is 1. The molecule has 0 aliphatic rings. The maximum atomic E-state index is 13.1. The molecule has 0 atom stereocenters. The highest BCUT2D eigenvalue weighted by molar-refractivity contribution is 7.08. The van der Waals surface area contributed by atoms with Crippen molar-refractivity contribution in [2.75, 3.05) is 0 Å². The molecular weight excluding hydrogens is 509 g/mol. The summed E-state index contributed by atoms with van der Waals surface area (Å²) in [5, 5.41) is 16.9. The molecular formula is C25H21Cl2N3O4S. The van der Waals surface area contributed by atoms with Crippen molar-refractivity contribution in [1.82, 2.24) is 15.4 Å². The van der Waals surface area contributed by atoms with Gasteiger partial charge in [0.25, 0.3) is 11.8 Å². The Kier molecular flexibility index (Phi) is 7.77. The van der Waals surface area contributed by atoms with Crippen LogP contribution in [0.25, 0.3) is 11.1 Å². The fourth-order valence-corrected chi connectivity index (χ4v) is 4.52. The summed E-state index contributed by atoms with van der Waals surface area (Å²) in [6.45, 7) is 0.304. The molecule has 180 valence electrons. The van der Waals surface area contributed by atoms with E-state index in [1.165, 1.54) is 10.8 Å². The van der Waals surface area contributed by atoms with Crippen molar-refractivity contribution in [2.24, 2.45) is 7.05 Å². The smallest absolute Gasteiger partial charge is 0.279 e. The zero-order chi connectivity index (χ0) is 24.9. The topological polar surface area (TPSA) is 92.6 Å². The Labute approximate surface area is 215 Å². The number of benzene rings is 2. The monoisotopic (exact) mass is 529 g/mol. The summed E-state index contributed by atoms with van der Waals surface area (Å²) in [6, 6.07) is 14.9. The van der Waals surface area contributed by atoms with Crippen molar-refractivity contribution in [1.29, 1.82) is 0 Å². The van der Waals surface area contributed by atoms with Gasteiger partial charge in [0.1, 0.15) is 17.9 Å². The van der Waals surface area contributed by atoms with Gasteiger partial charge in [-0.15, -0.1) is 0 Å². The van der Waals surface area contributed by atoms with Gasteiger partial charge in [-0.1, -0.05) is 53.5 Å². The molecule has 0 unspecified atom stereocenters. The molecule has 2 aromatic heterocycles. The molecule has 35 heavy (non-hydrogen) atoms. The normalized spacial score (nSPS) is 10.7. The first-order valence-electron chi connectivity index (χ1n) is 10.5. The van der Waals surface area contributed by atoms with E-state index in [1.807, 2.05) is 29.6 Å². The first kappa shape index (κ1) is 24.8. The number of carbonyl (C=O) groups excluding carboxylic acids is 2. The number of halogens is 2. The molecule has 10 heteroatoms. The van der Waals surface area contributed by atoms with E-state index in [1.54, 1.807) is 42.1 Å². The molecule has 0 radical (unpaired) electrons. The Morgan fingerprint density at radius 1 is 1.00 bits per heavy atom. The van der Waals surface area contributed by atoms with Crippen LogP contribution in [0.2, 0.25) is 10.0 Å². The van der Waals surface area contributed by atoms with Gasteiger partial charge in [0.2, 0.25) is 0 Å². The van der Waals surface area contributed by atoms with Crippen LogP contribution in [0.15, 0.2) is 65.5 Å². The van der Waals surface area contributed by atoms with Crippen LogP contribution in [-0.4, -0.2) is 21.6 Å². The van der Waals surface area contributed by atoms with Crippen LogP contribution in [0, 0.1) is 0 Å². The summed E-state index contributed by atoms with van der Waals surface area (Å²) in [5.41, 5.74) is 5.59. The lowest BCUT2D eigenvalue weighted by molar-refractivity contribution is 0.0702. The number of amides is 2. The third-order valence-electron chi connectivity index (χ3n) is 5.33. The minimum atomic E-state index is -0.798. The number of hydrogen-bond donors (Lipinski definition) is 3. The van der Waals surface area contributed by atoms with Crippen molar-refractivity contribution < 1.29 is 19.5 Å². The van der Waals surface area contributed by atoms with Crippen molar-refractivity contribution >= 4 is 46.4 Å². The molecule has 7 nitrogen and oxygen atoms in total. The summed E-state index contributed by atoms with van der Waals surface area (Å²) in [7, 11) is 1.62. The van der Waals surface area contributed by atoms with Gasteiger partial charge in [-0.05, 0) is 51.2 Å². The van der Waals surface area contributed by atoms with Crippen LogP contribution in [-0.2, 0) is 20.2 Å². The van der Waals surface area contributed by atoms with Gasteiger partial charge < -0.3 is 14.6 Å². The Morgan fingerprint density at radius 2 is 1.74 bits per heavy atom. The molecule has 0 bridgehead atoms. The lowest BCUT2D eigenvalue weighted by Gasteiger charge is -2.12. The Bertz CT molecular complexity index is 1350.